The average molecular weight is 480 g/mol. The third-order valence-corrected chi connectivity index (χ3v) is 6.67. The molecule has 162 valence electrons. The first-order valence-corrected chi connectivity index (χ1v) is 11.7. The molecule has 0 fully saturated rings. The molecule has 0 spiro atoms. The topological polar surface area (TPSA) is 114 Å². The number of halogens is 1. The maximum atomic E-state index is 12.8. The molecule has 2 amide bonds. The summed E-state index contributed by atoms with van der Waals surface area (Å²) in [7, 11) is -4.08. The molecule has 1 heterocycles. The summed E-state index contributed by atoms with van der Waals surface area (Å²) < 4.78 is 33.3. The van der Waals surface area contributed by atoms with E-state index in [1.807, 2.05) is 6.92 Å². The third-order valence-electron chi connectivity index (χ3n) is 3.93. The fraction of sp³-hybridized carbons (Fsp3) is 0.100. The molecular formula is C20H18ClN3O5S2. The van der Waals surface area contributed by atoms with E-state index in [-0.39, 0.29) is 15.5 Å². The Bertz CT molecular complexity index is 1180. The van der Waals surface area contributed by atoms with Crippen molar-refractivity contribution in [2.75, 3.05) is 11.3 Å². The van der Waals surface area contributed by atoms with Crippen LogP contribution in [-0.2, 0) is 10.0 Å². The van der Waals surface area contributed by atoms with Crippen molar-refractivity contribution in [1.82, 2.24) is 10.9 Å². The number of thiophene rings is 1. The highest BCUT2D eigenvalue weighted by Crippen LogP contribution is 2.26. The predicted molar refractivity (Wildman–Crippen MR) is 119 cm³/mol. The molecule has 3 rings (SSSR count). The zero-order chi connectivity index (χ0) is 22.4. The first-order valence-electron chi connectivity index (χ1n) is 8.99. The number of carbonyl (C=O) groups is 2. The number of benzene rings is 2. The van der Waals surface area contributed by atoms with Gasteiger partial charge in [-0.3, -0.25) is 25.2 Å². The quantitative estimate of drug-likeness (QED) is 0.447. The molecule has 3 aromatic rings. The Kier molecular flexibility index (Phi) is 7.16. The second-order valence-corrected chi connectivity index (χ2v) is 9.10. The molecule has 0 aliphatic heterocycles. The standard InChI is InChI=1S/C20H18ClN3O5S2/c1-2-29-15-8-6-14(7-9-15)24-31(27,28)18-12-13(5-10-16(18)21)19(25)22-23-20(26)17-4-3-11-30-17/h3-12,24H,2H2,1H3,(H,22,25)(H,23,26). The summed E-state index contributed by atoms with van der Waals surface area (Å²) in [6.07, 6.45) is 0. The number of anilines is 1. The maximum absolute atomic E-state index is 12.8. The second kappa shape index (κ2) is 9.82. The second-order valence-electron chi connectivity index (χ2n) is 6.09. The number of hydrogen-bond donors (Lipinski definition) is 3. The minimum absolute atomic E-state index is 0.00273. The van der Waals surface area contributed by atoms with E-state index in [9.17, 15) is 18.0 Å². The van der Waals surface area contributed by atoms with Gasteiger partial charge in [-0.05, 0) is 60.8 Å². The lowest BCUT2D eigenvalue weighted by atomic mass is 10.2. The molecule has 11 heteroatoms. The van der Waals surface area contributed by atoms with Crippen molar-refractivity contribution in [3.05, 3.63) is 75.4 Å². The van der Waals surface area contributed by atoms with E-state index in [0.29, 0.717) is 22.9 Å². The molecule has 0 aliphatic carbocycles. The molecule has 0 atom stereocenters. The van der Waals surface area contributed by atoms with Gasteiger partial charge in [0.05, 0.1) is 16.5 Å². The average Bonchev–Trinajstić information content (AvgIpc) is 3.28. The molecule has 0 aliphatic rings. The summed E-state index contributed by atoms with van der Waals surface area (Å²) in [4.78, 5) is 24.4. The Hall–Kier alpha value is -3.08. The van der Waals surface area contributed by atoms with Gasteiger partial charge in [0.2, 0.25) is 0 Å². The summed E-state index contributed by atoms with van der Waals surface area (Å²) in [6, 6.07) is 13.4. The molecule has 0 radical (unpaired) electrons. The van der Waals surface area contributed by atoms with E-state index >= 15 is 0 Å². The van der Waals surface area contributed by atoms with Crippen LogP contribution in [0.15, 0.2) is 64.9 Å². The van der Waals surface area contributed by atoms with Crippen LogP contribution in [0.5, 0.6) is 5.75 Å². The predicted octanol–water partition coefficient (Wildman–Crippen LogP) is 3.68. The number of hydrogen-bond acceptors (Lipinski definition) is 6. The van der Waals surface area contributed by atoms with Crippen molar-refractivity contribution in [1.29, 1.82) is 0 Å². The molecule has 3 N–H and O–H groups in total. The van der Waals surface area contributed by atoms with E-state index in [2.05, 4.69) is 15.6 Å². The summed E-state index contributed by atoms with van der Waals surface area (Å²) in [5, 5.41) is 1.67. The summed E-state index contributed by atoms with van der Waals surface area (Å²) in [5.74, 6) is -0.576. The first-order chi connectivity index (χ1) is 14.8. The van der Waals surface area contributed by atoms with Crippen LogP contribution in [0.3, 0.4) is 0 Å². The van der Waals surface area contributed by atoms with Crippen LogP contribution in [0, 0.1) is 0 Å². The van der Waals surface area contributed by atoms with Crippen LogP contribution < -0.4 is 20.3 Å². The van der Waals surface area contributed by atoms with E-state index in [1.54, 1.807) is 41.8 Å². The van der Waals surface area contributed by atoms with Crippen molar-refractivity contribution in [2.45, 2.75) is 11.8 Å². The highest BCUT2D eigenvalue weighted by molar-refractivity contribution is 7.92. The van der Waals surface area contributed by atoms with Crippen molar-refractivity contribution in [3.8, 4) is 5.75 Å². The van der Waals surface area contributed by atoms with Crippen LogP contribution in [0.2, 0.25) is 5.02 Å². The SMILES string of the molecule is CCOc1ccc(NS(=O)(=O)c2cc(C(=O)NNC(=O)c3cccs3)ccc2Cl)cc1. The lowest BCUT2D eigenvalue weighted by Crippen LogP contribution is -2.41. The van der Waals surface area contributed by atoms with E-state index in [1.165, 1.54) is 23.5 Å². The van der Waals surface area contributed by atoms with Gasteiger partial charge in [-0.2, -0.15) is 0 Å². The largest absolute Gasteiger partial charge is 0.494 e. The van der Waals surface area contributed by atoms with Gasteiger partial charge in [0.25, 0.3) is 21.8 Å². The van der Waals surface area contributed by atoms with Gasteiger partial charge < -0.3 is 4.74 Å². The van der Waals surface area contributed by atoms with Gasteiger partial charge in [0.15, 0.2) is 0 Å². The smallest absolute Gasteiger partial charge is 0.279 e. The molecular weight excluding hydrogens is 462 g/mol. The van der Waals surface area contributed by atoms with Gasteiger partial charge in [0, 0.05) is 11.3 Å². The first kappa shape index (κ1) is 22.6. The molecule has 0 saturated heterocycles. The van der Waals surface area contributed by atoms with Gasteiger partial charge >= 0.3 is 0 Å². The van der Waals surface area contributed by atoms with Crippen LogP contribution in [-0.4, -0.2) is 26.8 Å². The van der Waals surface area contributed by atoms with Crippen molar-refractivity contribution >= 4 is 50.5 Å². The fourth-order valence-corrected chi connectivity index (χ4v) is 4.71. The van der Waals surface area contributed by atoms with Crippen LogP contribution in [0.1, 0.15) is 27.0 Å². The summed E-state index contributed by atoms with van der Waals surface area (Å²) in [5.41, 5.74) is 4.83. The normalized spacial score (nSPS) is 10.9. The Morgan fingerprint density at radius 2 is 1.74 bits per heavy atom. The molecule has 0 unspecified atom stereocenters. The molecule has 0 bridgehead atoms. The number of sulfonamides is 1. The zero-order valence-electron chi connectivity index (χ0n) is 16.2. The number of hydrazine groups is 1. The van der Waals surface area contributed by atoms with Crippen LogP contribution in [0.25, 0.3) is 0 Å². The van der Waals surface area contributed by atoms with E-state index in [4.69, 9.17) is 16.3 Å². The highest BCUT2D eigenvalue weighted by atomic mass is 35.5. The molecule has 31 heavy (non-hydrogen) atoms. The number of nitrogens with one attached hydrogen (secondary N) is 3. The minimum Gasteiger partial charge on any atom is -0.494 e. The van der Waals surface area contributed by atoms with Gasteiger partial charge in [-0.25, -0.2) is 8.42 Å². The van der Waals surface area contributed by atoms with Gasteiger partial charge in [-0.15, -0.1) is 11.3 Å². The van der Waals surface area contributed by atoms with Crippen molar-refractivity contribution in [2.24, 2.45) is 0 Å². The maximum Gasteiger partial charge on any atom is 0.279 e. The van der Waals surface area contributed by atoms with E-state index in [0.717, 1.165) is 6.07 Å². The summed E-state index contributed by atoms with van der Waals surface area (Å²) >= 11 is 7.29. The number of amides is 2. The number of carbonyl (C=O) groups excluding carboxylic acids is 2. The zero-order valence-corrected chi connectivity index (χ0v) is 18.6. The Morgan fingerprint density at radius 3 is 2.39 bits per heavy atom. The monoisotopic (exact) mass is 479 g/mol. The molecule has 0 saturated carbocycles. The van der Waals surface area contributed by atoms with Crippen LogP contribution >= 0.6 is 22.9 Å². The summed E-state index contributed by atoms with van der Waals surface area (Å²) in [6.45, 7) is 2.33. The molecule has 1 aromatic heterocycles. The Morgan fingerprint density at radius 1 is 1.03 bits per heavy atom. The van der Waals surface area contributed by atoms with Crippen molar-refractivity contribution < 1.29 is 22.7 Å². The van der Waals surface area contributed by atoms with E-state index < -0.39 is 21.8 Å². The number of rotatable bonds is 7. The molecule has 2 aromatic carbocycles. The number of ether oxygens (including phenoxy) is 1. The van der Waals surface area contributed by atoms with Crippen molar-refractivity contribution in [3.63, 3.8) is 0 Å². The van der Waals surface area contributed by atoms with Gasteiger partial charge in [0.1, 0.15) is 10.6 Å². The lowest BCUT2D eigenvalue weighted by Gasteiger charge is -2.12. The third kappa shape index (κ3) is 5.75. The minimum atomic E-state index is -4.08. The molecule has 8 nitrogen and oxygen atoms in total. The Labute approximate surface area is 188 Å². The van der Waals surface area contributed by atoms with Gasteiger partial charge in [-0.1, -0.05) is 17.7 Å². The highest BCUT2D eigenvalue weighted by Gasteiger charge is 2.21. The fourth-order valence-electron chi connectivity index (χ4n) is 2.50. The van der Waals surface area contributed by atoms with Crippen LogP contribution in [0.4, 0.5) is 5.69 Å². The Balaban J connectivity index is 1.74. The lowest BCUT2D eigenvalue weighted by molar-refractivity contribution is 0.0849.